The first-order chi connectivity index (χ1) is 21.0. The molecule has 2 unspecified atom stereocenters. The Kier molecular flexibility index (Phi) is 8.32. The van der Waals surface area contributed by atoms with Crippen molar-refractivity contribution in [3.8, 4) is 5.75 Å². The third-order valence-corrected chi connectivity index (χ3v) is 9.19. The predicted molar refractivity (Wildman–Crippen MR) is 159 cm³/mol. The lowest BCUT2D eigenvalue weighted by Gasteiger charge is -2.39. The molecule has 3 aliphatic rings. The highest BCUT2D eigenvalue weighted by Gasteiger charge is 2.44. The van der Waals surface area contributed by atoms with Crippen LogP contribution in [0.5, 0.6) is 5.75 Å². The Morgan fingerprint density at radius 3 is 2.43 bits per heavy atom. The third-order valence-electron chi connectivity index (χ3n) is 9.19. The van der Waals surface area contributed by atoms with Gasteiger partial charge in [-0.3, -0.25) is 14.6 Å². The van der Waals surface area contributed by atoms with Gasteiger partial charge in [0.1, 0.15) is 24.0 Å². The maximum Gasteiger partial charge on any atom is 0.317 e. The smallest absolute Gasteiger partial charge is 0.317 e. The van der Waals surface area contributed by atoms with Crippen molar-refractivity contribution in [2.24, 2.45) is 5.41 Å². The molecule has 0 bridgehead atoms. The minimum absolute atomic E-state index is 0.0173. The van der Waals surface area contributed by atoms with E-state index in [2.05, 4.69) is 0 Å². The summed E-state index contributed by atoms with van der Waals surface area (Å²) in [5.41, 5.74) is 2.45. The summed E-state index contributed by atoms with van der Waals surface area (Å²) in [4.78, 5) is 16.5. The number of hydrogen-bond donors (Lipinski definition) is 1. The fraction of sp³-hybridized carbons (Fsp3) is 0.441. The lowest BCUT2D eigenvalue weighted by molar-refractivity contribution is -0.138. The SMILES string of the molecule is CC(F)(F)CN1CCc2cc(OCc3ccccc3)ccc2C1c1c(F)cc(N2CCC3(CCN(CC(=O)O)C3)C2)cc1F. The van der Waals surface area contributed by atoms with Crippen LogP contribution in [0.1, 0.15) is 48.1 Å². The number of rotatable bonds is 9. The van der Waals surface area contributed by atoms with Gasteiger partial charge in [-0.25, -0.2) is 17.6 Å². The summed E-state index contributed by atoms with van der Waals surface area (Å²) < 4.78 is 66.7. The molecule has 1 spiro atoms. The minimum atomic E-state index is -3.05. The molecule has 44 heavy (non-hydrogen) atoms. The highest BCUT2D eigenvalue weighted by atomic mass is 19.3. The monoisotopic (exact) mass is 611 g/mol. The Morgan fingerprint density at radius 2 is 1.73 bits per heavy atom. The first kappa shape index (κ1) is 30.4. The number of anilines is 1. The molecular weight excluding hydrogens is 574 g/mol. The van der Waals surface area contributed by atoms with Crippen molar-refractivity contribution in [1.82, 2.24) is 9.80 Å². The average molecular weight is 612 g/mol. The van der Waals surface area contributed by atoms with Crippen LogP contribution in [0.15, 0.2) is 60.7 Å². The van der Waals surface area contributed by atoms with Crippen LogP contribution in [-0.2, 0) is 17.8 Å². The van der Waals surface area contributed by atoms with Gasteiger partial charge in [0.05, 0.1) is 19.1 Å². The highest BCUT2D eigenvalue weighted by Crippen LogP contribution is 2.44. The van der Waals surface area contributed by atoms with E-state index in [0.29, 0.717) is 56.2 Å². The van der Waals surface area contributed by atoms with Crippen molar-refractivity contribution >= 4 is 11.7 Å². The highest BCUT2D eigenvalue weighted by molar-refractivity contribution is 5.69. The van der Waals surface area contributed by atoms with Crippen molar-refractivity contribution in [1.29, 1.82) is 0 Å². The first-order valence-electron chi connectivity index (χ1n) is 15.1. The van der Waals surface area contributed by atoms with Crippen LogP contribution < -0.4 is 9.64 Å². The molecule has 0 aliphatic carbocycles. The van der Waals surface area contributed by atoms with Gasteiger partial charge in [-0.05, 0) is 66.8 Å². The third kappa shape index (κ3) is 6.56. The van der Waals surface area contributed by atoms with E-state index < -0.39 is 36.1 Å². The molecule has 0 aromatic heterocycles. The number of carboxylic acids is 1. The lowest BCUT2D eigenvalue weighted by atomic mass is 9.86. The fourth-order valence-electron chi connectivity index (χ4n) is 7.21. The minimum Gasteiger partial charge on any atom is -0.489 e. The molecule has 2 atom stereocenters. The fourth-order valence-corrected chi connectivity index (χ4v) is 7.21. The zero-order chi connectivity index (χ0) is 31.1. The molecule has 234 valence electrons. The topological polar surface area (TPSA) is 56.2 Å². The number of benzene rings is 3. The van der Waals surface area contributed by atoms with E-state index in [1.165, 1.54) is 17.0 Å². The van der Waals surface area contributed by atoms with E-state index >= 15 is 8.78 Å². The lowest BCUT2D eigenvalue weighted by Crippen LogP contribution is -2.43. The van der Waals surface area contributed by atoms with Gasteiger partial charge in [-0.1, -0.05) is 36.4 Å². The number of nitrogens with zero attached hydrogens (tertiary/aromatic N) is 3. The molecule has 2 fully saturated rings. The number of halogens is 4. The molecule has 6 nitrogen and oxygen atoms in total. The number of likely N-dealkylation sites (tertiary alicyclic amines) is 1. The number of hydrogen-bond acceptors (Lipinski definition) is 5. The summed E-state index contributed by atoms with van der Waals surface area (Å²) >= 11 is 0. The van der Waals surface area contributed by atoms with E-state index in [0.717, 1.165) is 30.9 Å². The number of aliphatic carboxylic acids is 1. The summed E-state index contributed by atoms with van der Waals surface area (Å²) in [6.07, 6.45) is 2.08. The Bertz CT molecular complexity index is 1490. The molecule has 3 aliphatic heterocycles. The van der Waals surface area contributed by atoms with Gasteiger partial charge in [0.2, 0.25) is 0 Å². The number of fused-ring (bicyclic) bond motifs is 1. The maximum atomic E-state index is 16.0. The Hall–Kier alpha value is -3.63. The van der Waals surface area contributed by atoms with Gasteiger partial charge >= 0.3 is 5.97 Å². The van der Waals surface area contributed by atoms with Crippen molar-refractivity contribution in [2.75, 3.05) is 50.7 Å². The molecule has 0 saturated carbocycles. The number of carboxylic acid groups (broad SMARTS) is 1. The second-order valence-electron chi connectivity index (χ2n) is 12.7. The van der Waals surface area contributed by atoms with Crippen molar-refractivity contribution < 1.29 is 32.2 Å². The maximum absolute atomic E-state index is 16.0. The largest absolute Gasteiger partial charge is 0.489 e. The van der Waals surface area contributed by atoms with Gasteiger partial charge in [-0.2, -0.15) is 0 Å². The normalized spacial score (nSPS) is 22.5. The number of alkyl halides is 2. The summed E-state index contributed by atoms with van der Waals surface area (Å²) in [5.74, 6) is -4.86. The van der Waals surface area contributed by atoms with Crippen LogP contribution in [0.2, 0.25) is 0 Å². The van der Waals surface area contributed by atoms with Gasteiger partial charge in [0.15, 0.2) is 0 Å². The van der Waals surface area contributed by atoms with Crippen molar-refractivity contribution in [3.63, 3.8) is 0 Å². The summed E-state index contributed by atoms with van der Waals surface area (Å²) in [6.45, 7) is 3.23. The van der Waals surface area contributed by atoms with Crippen molar-refractivity contribution in [3.05, 3.63) is 94.6 Å². The quantitative estimate of drug-likeness (QED) is 0.294. The van der Waals surface area contributed by atoms with E-state index in [1.54, 1.807) is 12.1 Å². The number of ether oxygens (including phenoxy) is 1. The standard InChI is InChI=1S/C34H37F4N3O3/c1-33(37,38)20-41-12-9-24-15-26(44-19-23-5-3-2-4-6-23)7-8-27(24)32(41)31-28(35)16-25(17-29(31)36)40-14-11-34(22-40)10-13-39(21-34)18-30(42)43/h2-8,15-17,32H,9-14,18-22H2,1H3,(H,42,43). The molecule has 3 aromatic carbocycles. The molecule has 0 radical (unpaired) electrons. The first-order valence-corrected chi connectivity index (χ1v) is 15.1. The molecule has 6 rings (SSSR count). The van der Waals surface area contributed by atoms with Gasteiger partial charge in [-0.15, -0.1) is 0 Å². The Balaban J connectivity index is 1.26. The Morgan fingerprint density at radius 1 is 1.00 bits per heavy atom. The summed E-state index contributed by atoms with van der Waals surface area (Å²) in [7, 11) is 0. The molecule has 3 aromatic rings. The molecular formula is C34H37F4N3O3. The average Bonchev–Trinajstić information content (AvgIpc) is 3.57. The van der Waals surface area contributed by atoms with Crippen LogP contribution in [0.3, 0.4) is 0 Å². The molecule has 0 amide bonds. The second-order valence-corrected chi connectivity index (χ2v) is 12.7. The molecule has 3 heterocycles. The zero-order valence-electron chi connectivity index (χ0n) is 24.7. The molecule has 1 N–H and O–H groups in total. The van der Waals surface area contributed by atoms with Crippen LogP contribution in [0.25, 0.3) is 0 Å². The van der Waals surface area contributed by atoms with Crippen molar-refractivity contribution in [2.45, 2.75) is 44.8 Å². The summed E-state index contributed by atoms with van der Waals surface area (Å²) in [6, 6.07) is 16.6. The Labute approximate surface area is 254 Å². The van der Waals surface area contributed by atoms with E-state index in [1.807, 2.05) is 46.2 Å². The van der Waals surface area contributed by atoms with Crippen LogP contribution in [0, 0.1) is 17.0 Å². The second kappa shape index (κ2) is 12.0. The van der Waals surface area contributed by atoms with E-state index in [4.69, 9.17) is 9.84 Å². The van der Waals surface area contributed by atoms with Crippen LogP contribution in [0.4, 0.5) is 23.2 Å². The van der Waals surface area contributed by atoms with Gasteiger partial charge in [0, 0.05) is 49.8 Å². The summed E-state index contributed by atoms with van der Waals surface area (Å²) in [5, 5.41) is 9.17. The van der Waals surface area contributed by atoms with E-state index in [-0.39, 0.29) is 24.1 Å². The zero-order valence-corrected chi connectivity index (χ0v) is 24.7. The molecule has 10 heteroatoms. The van der Waals surface area contributed by atoms with Gasteiger partial charge < -0.3 is 14.7 Å². The molecule has 2 saturated heterocycles. The van der Waals surface area contributed by atoms with E-state index in [9.17, 15) is 13.6 Å². The van der Waals surface area contributed by atoms with Gasteiger partial charge in [0.25, 0.3) is 5.92 Å². The van der Waals surface area contributed by atoms with Crippen LogP contribution in [-0.4, -0.2) is 72.6 Å². The van der Waals surface area contributed by atoms with Crippen LogP contribution >= 0.6 is 0 Å². The number of carbonyl (C=O) groups is 1. The predicted octanol–water partition coefficient (Wildman–Crippen LogP) is 6.13.